The summed E-state index contributed by atoms with van der Waals surface area (Å²) in [6.07, 6.45) is 4.54. The molecule has 0 spiro atoms. The predicted octanol–water partition coefficient (Wildman–Crippen LogP) is 2.63. The van der Waals surface area contributed by atoms with Crippen LogP contribution in [0.25, 0.3) is 10.9 Å². The minimum atomic E-state index is -0.0353. The van der Waals surface area contributed by atoms with E-state index in [1.165, 1.54) is 12.8 Å². The molecule has 3 atom stereocenters. The molecule has 0 unspecified atom stereocenters. The Bertz CT molecular complexity index is 724. The highest BCUT2D eigenvalue weighted by molar-refractivity contribution is 6.05. The van der Waals surface area contributed by atoms with Crippen LogP contribution in [0.2, 0.25) is 0 Å². The van der Waals surface area contributed by atoms with Crippen LogP contribution in [0, 0.1) is 0 Å². The third kappa shape index (κ3) is 2.63. The molecule has 3 heterocycles. The van der Waals surface area contributed by atoms with Gasteiger partial charge in [-0.05, 0) is 45.6 Å². The van der Waals surface area contributed by atoms with Crippen LogP contribution in [0.1, 0.15) is 56.1 Å². The fourth-order valence-electron chi connectivity index (χ4n) is 4.08. The Morgan fingerprint density at radius 1 is 1.26 bits per heavy atom. The first kappa shape index (κ1) is 14.7. The number of carbonyl (C=O) groups excluding carboxylic acids is 1. The number of amides is 1. The first-order chi connectivity index (χ1) is 11.1. The summed E-state index contributed by atoms with van der Waals surface area (Å²) in [4.78, 5) is 12.8. The summed E-state index contributed by atoms with van der Waals surface area (Å²) < 4.78 is 1.94. The number of piperidine rings is 1. The molecule has 2 aliphatic rings. The third-order valence-electron chi connectivity index (χ3n) is 5.13. The summed E-state index contributed by atoms with van der Waals surface area (Å²) in [7, 11) is 0. The van der Waals surface area contributed by atoms with Crippen LogP contribution in [0.15, 0.2) is 24.3 Å². The third-order valence-corrected chi connectivity index (χ3v) is 5.13. The molecule has 2 aliphatic heterocycles. The van der Waals surface area contributed by atoms with E-state index >= 15 is 0 Å². The molecule has 0 radical (unpaired) electrons. The van der Waals surface area contributed by atoms with E-state index in [0.29, 0.717) is 17.8 Å². The summed E-state index contributed by atoms with van der Waals surface area (Å²) in [6, 6.07) is 9.63. The Kier molecular flexibility index (Phi) is 3.60. The number of nitrogens with zero attached hydrogens (tertiary/aromatic N) is 2. The van der Waals surface area contributed by atoms with Crippen molar-refractivity contribution >= 4 is 16.8 Å². The van der Waals surface area contributed by atoms with E-state index in [-0.39, 0.29) is 18.0 Å². The summed E-state index contributed by atoms with van der Waals surface area (Å²) in [5.41, 5.74) is 1.58. The van der Waals surface area contributed by atoms with Crippen molar-refractivity contribution in [1.82, 2.24) is 20.4 Å². The number of hydrogen-bond donors (Lipinski definition) is 2. The van der Waals surface area contributed by atoms with Crippen molar-refractivity contribution in [2.75, 3.05) is 0 Å². The molecule has 2 bridgehead atoms. The standard InChI is InChI=1S/C18H24N4O/c1-11(2)22-16-6-4-3-5-15(16)17(21-22)18(23)20-14-9-12-7-8-13(10-14)19-12/h3-6,11-14,19H,7-10H2,1-2H3,(H,20,23)/t12-,13+,14+. The molecule has 1 aromatic heterocycles. The molecule has 122 valence electrons. The lowest BCUT2D eigenvalue weighted by molar-refractivity contribution is 0.0919. The zero-order valence-electron chi connectivity index (χ0n) is 13.7. The second-order valence-electron chi connectivity index (χ2n) is 7.18. The summed E-state index contributed by atoms with van der Waals surface area (Å²) in [5.74, 6) is -0.0353. The minimum absolute atomic E-state index is 0.0353. The summed E-state index contributed by atoms with van der Waals surface area (Å²) >= 11 is 0. The van der Waals surface area contributed by atoms with Gasteiger partial charge >= 0.3 is 0 Å². The first-order valence-corrected chi connectivity index (χ1v) is 8.66. The first-order valence-electron chi connectivity index (χ1n) is 8.66. The van der Waals surface area contributed by atoms with Crippen molar-refractivity contribution < 1.29 is 4.79 Å². The Balaban J connectivity index is 1.60. The molecule has 2 fully saturated rings. The van der Waals surface area contributed by atoms with Crippen LogP contribution in [-0.4, -0.2) is 33.8 Å². The SMILES string of the molecule is CC(C)n1nc(C(=O)N[C@H]2C[C@H]3CC[C@@H](C2)N3)c2ccccc21. The topological polar surface area (TPSA) is 59.0 Å². The molecular weight excluding hydrogens is 288 g/mol. The second kappa shape index (κ2) is 5.64. The molecule has 0 saturated carbocycles. The monoisotopic (exact) mass is 312 g/mol. The zero-order chi connectivity index (χ0) is 16.0. The molecule has 2 saturated heterocycles. The van der Waals surface area contributed by atoms with Gasteiger partial charge in [0.1, 0.15) is 0 Å². The normalized spacial score (nSPS) is 26.8. The highest BCUT2D eigenvalue weighted by Gasteiger charge is 2.34. The maximum atomic E-state index is 12.8. The zero-order valence-corrected chi connectivity index (χ0v) is 13.7. The molecule has 23 heavy (non-hydrogen) atoms. The van der Waals surface area contributed by atoms with Crippen LogP contribution in [0.3, 0.4) is 0 Å². The van der Waals surface area contributed by atoms with E-state index in [4.69, 9.17) is 0 Å². The number of rotatable bonds is 3. The highest BCUT2D eigenvalue weighted by atomic mass is 16.2. The lowest BCUT2D eigenvalue weighted by atomic mass is 9.99. The Labute approximate surface area is 136 Å². The number of benzene rings is 1. The lowest BCUT2D eigenvalue weighted by Crippen LogP contribution is -2.48. The number of nitrogens with one attached hydrogen (secondary N) is 2. The molecule has 5 nitrogen and oxygen atoms in total. The van der Waals surface area contributed by atoms with Gasteiger partial charge < -0.3 is 10.6 Å². The number of aromatic nitrogens is 2. The number of fused-ring (bicyclic) bond motifs is 3. The van der Waals surface area contributed by atoms with Gasteiger partial charge in [0.15, 0.2) is 5.69 Å². The van der Waals surface area contributed by atoms with E-state index in [1.807, 2.05) is 28.9 Å². The number of para-hydroxylation sites is 1. The van der Waals surface area contributed by atoms with Crippen molar-refractivity contribution in [3.05, 3.63) is 30.0 Å². The van der Waals surface area contributed by atoms with Gasteiger partial charge in [-0.3, -0.25) is 9.48 Å². The van der Waals surface area contributed by atoms with Gasteiger partial charge in [-0.2, -0.15) is 5.10 Å². The molecule has 1 aromatic carbocycles. The number of carbonyl (C=O) groups is 1. The van der Waals surface area contributed by atoms with Crippen LogP contribution < -0.4 is 10.6 Å². The summed E-state index contributed by atoms with van der Waals surface area (Å²) in [5, 5.41) is 12.4. The molecule has 1 amide bonds. The average Bonchev–Trinajstić information content (AvgIpc) is 3.08. The lowest BCUT2D eigenvalue weighted by Gasteiger charge is -2.29. The Morgan fingerprint density at radius 3 is 2.65 bits per heavy atom. The molecule has 2 N–H and O–H groups in total. The molecule has 2 aromatic rings. The van der Waals surface area contributed by atoms with Crippen molar-refractivity contribution in [2.24, 2.45) is 0 Å². The van der Waals surface area contributed by atoms with Crippen LogP contribution in [0.4, 0.5) is 0 Å². The quantitative estimate of drug-likeness (QED) is 0.916. The van der Waals surface area contributed by atoms with E-state index in [0.717, 1.165) is 23.7 Å². The predicted molar refractivity (Wildman–Crippen MR) is 90.6 cm³/mol. The highest BCUT2D eigenvalue weighted by Crippen LogP contribution is 2.27. The van der Waals surface area contributed by atoms with Crippen molar-refractivity contribution in [2.45, 2.75) is 63.7 Å². The van der Waals surface area contributed by atoms with Crippen LogP contribution >= 0.6 is 0 Å². The van der Waals surface area contributed by atoms with Gasteiger partial charge in [-0.15, -0.1) is 0 Å². The van der Waals surface area contributed by atoms with Gasteiger partial charge in [0.2, 0.25) is 0 Å². The largest absolute Gasteiger partial charge is 0.348 e. The van der Waals surface area contributed by atoms with Crippen LogP contribution in [-0.2, 0) is 0 Å². The Morgan fingerprint density at radius 2 is 1.96 bits per heavy atom. The molecule has 5 heteroatoms. The number of hydrogen-bond acceptors (Lipinski definition) is 3. The van der Waals surface area contributed by atoms with E-state index in [1.54, 1.807) is 0 Å². The average molecular weight is 312 g/mol. The van der Waals surface area contributed by atoms with Crippen molar-refractivity contribution in [1.29, 1.82) is 0 Å². The molecule has 0 aliphatic carbocycles. The van der Waals surface area contributed by atoms with Gasteiger partial charge in [0, 0.05) is 29.6 Å². The Hall–Kier alpha value is -1.88. The van der Waals surface area contributed by atoms with Crippen LogP contribution in [0.5, 0.6) is 0 Å². The molecular formula is C18H24N4O. The fourth-order valence-corrected chi connectivity index (χ4v) is 4.08. The van der Waals surface area contributed by atoms with Gasteiger partial charge in [0.25, 0.3) is 5.91 Å². The molecule has 4 rings (SSSR count). The van der Waals surface area contributed by atoms with Gasteiger partial charge in [0.05, 0.1) is 5.52 Å². The van der Waals surface area contributed by atoms with Crippen molar-refractivity contribution in [3.8, 4) is 0 Å². The smallest absolute Gasteiger partial charge is 0.272 e. The van der Waals surface area contributed by atoms with E-state index in [2.05, 4.69) is 29.6 Å². The van der Waals surface area contributed by atoms with E-state index < -0.39 is 0 Å². The second-order valence-corrected chi connectivity index (χ2v) is 7.18. The van der Waals surface area contributed by atoms with Crippen molar-refractivity contribution in [3.63, 3.8) is 0 Å². The van der Waals surface area contributed by atoms with Gasteiger partial charge in [-0.25, -0.2) is 0 Å². The maximum Gasteiger partial charge on any atom is 0.272 e. The fraction of sp³-hybridized carbons (Fsp3) is 0.556. The van der Waals surface area contributed by atoms with E-state index in [9.17, 15) is 4.79 Å². The minimum Gasteiger partial charge on any atom is -0.348 e. The maximum absolute atomic E-state index is 12.8. The van der Waals surface area contributed by atoms with Gasteiger partial charge in [-0.1, -0.05) is 18.2 Å². The summed E-state index contributed by atoms with van der Waals surface area (Å²) in [6.45, 7) is 4.18.